The van der Waals surface area contributed by atoms with Gasteiger partial charge in [0.15, 0.2) is 0 Å². The van der Waals surface area contributed by atoms with Gasteiger partial charge in [0.25, 0.3) is 0 Å². The van der Waals surface area contributed by atoms with Gasteiger partial charge in [-0.3, -0.25) is 10.1 Å². The van der Waals surface area contributed by atoms with Crippen molar-refractivity contribution in [3.8, 4) is 0 Å². The first-order chi connectivity index (χ1) is 8.12. The summed E-state index contributed by atoms with van der Waals surface area (Å²) in [5, 5.41) is 3.51. The van der Waals surface area contributed by atoms with E-state index in [1.54, 1.807) is 0 Å². The zero-order valence-electron chi connectivity index (χ0n) is 11.0. The van der Waals surface area contributed by atoms with Gasteiger partial charge in [-0.15, -0.1) is 0 Å². The van der Waals surface area contributed by atoms with E-state index in [0.717, 1.165) is 18.8 Å². The van der Waals surface area contributed by atoms with Crippen LogP contribution in [0.4, 0.5) is 0 Å². The first-order valence-electron chi connectivity index (χ1n) is 7.23. The maximum absolute atomic E-state index is 12.5. The van der Waals surface area contributed by atoms with Crippen molar-refractivity contribution < 1.29 is 4.79 Å². The van der Waals surface area contributed by atoms with Crippen molar-refractivity contribution in [2.24, 2.45) is 5.92 Å². The minimum atomic E-state index is -0.128. The van der Waals surface area contributed by atoms with E-state index in [1.165, 1.54) is 32.1 Å². The summed E-state index contributed by atoms with van der Waals surface area (Å²) >= 11 is 0. The maximum Gasteiger partial charge on any atom is 0.244 e. The van der Waals surface area contributed by atoms with Crippen LogP contribution in [0.3, 0.4) is 0 Å². The molecule has 1 saturated heterocycles. The van der Waals surface area contributed by atoms with E-state index in [4.69, 9.17) is 0 Å². The summed E-state index contributed by atoms with van der Waals surface area (Å²) in [7, 11) is 0. The van der Waals surface area contributed by atoms with E-state index in [9.17, 15) is 4.79 Å². The van der Waals surface area contributed by atoms with Crippen LogP contribution in [0.2, 0.25) is 0 Å². The van der Waals surface area contributed by atoms with E-state index in [1.807, 2.05) is 0 Å². The number of carbonyl (C=O) groups is 1. The van der Waals surface area contributed by atoms with Crippen molar-refractivity contribution in [1.82, 2.24) is 10.2 Å². The van der Waals surface area contributed by atoms with Crippen LogP contribution in [0.15, 0.2) is 0 Å². The third-order valence-electron chi connectivity index (χ3n) is 4.92. The number of hydrogen-bond acceptors (Lipinski definition) is 2. The van der Waals surface area contributed by atoms with Crippen molar-refractivity contribution in [2.75, 3.05) is 0 Å². The fourth-order valence-electron chi connectivity index (χ4n) is 3.67. The molecule has 2 saturated carbocycles. The molecule has 0 aromatic rings. The molecule has 3 nitrogen and oxygen atoms in total. The molecule has 3 aliphatic rings. The number of nitrogens with one attached hydrogen (secondary N) is 1. The summed E-state index contributed by atoms with van der Waals surface area (Å²) < 4.78 is 0. The number of amides is 1. The number of hydrogen-bond donors (Lipinski definition) is 1. The average Bonchev–Trinajstić information content (AvgIpc) is 3.02. The molecule has 0 bridgehead atoms. The molecule has 1 amide bonds. The highest BCUT2D eigenvalue weighted by atomic mass is 16.2. The van der Waals surface area contributed by atoms with E-state index in [2.05, 4.69) is 24.1 Å². The monoisotopic (exact) mass is 236 g/mol. The molecule has 2 aliphatic carbocycles. The van der Waals surface area contributed by atoms with Gasteiger partial charge < -0.3 is 4.90 Å². The Balaban J connectivity index is 1.72. The van der Waals surface area contributed by atoms with Crippen LogP contribution in [0.25, 0.3) is 0 Å². The molecule has 17 heavy (non-hydrogen) atoms. The smallest absolute Gasteiger partial charge is 0.244 e. The minimum absolute atomic E-state index is 0.128. The van der Waals surface area contributed by atoms with Crippen molar-refractivity contribution >= 4 is 5.91 Å². The summed E-state index contributed by atoms with van der Waals surface area (Å²) in [5.74, 6) is 1.24. The Kier molecular flexibility index (Phi) is 2.69. The summed E-state index contributed by atoms with van der Waals surface area (Å²) in [6.07, 6.45) is 8.68. The van der Waals surface area contributed by atoms with Crippen molar-refractivity contribution in [3.63, 3.8) is 0 Å². The molecule has 0 aromatic carbocycles. The van der Waals surface area contributed by atoms with Crippen molar-refractivity contribution in [2.45, 2.75) is 76.5 Å². The lowest BCUT2D eigenvalue weighted by Crippen LogP contribution is -2.43. The topological polar surface area (TPSA) is 32.3 Å². The summed E-state index contributed by atoms with van der Waals surface area (Å²) in [6, 6.07) is 0.495. The Morgan fingerprint density at radius 2 is 1.94 bits per heavy atom. The van der Waals surface area contributed by atoms with Crippen molar-refractivity contribution in [1.29, 1.82) is 0 Å². The molecule has 3 heteroatoms. The summed E-state index contributed by atoms with van der Waals surface area (Å²) in [4.78, 5) is 14.6. The highest BCUT2D eigenvalue weighted by molar-refractivity contribution is 5.92. The van der Waals surface area contributed by atoms with Crippen LogP contribution in [0.5, 0.6) is 0 Å². The SMILES string of the molecule is CC1CCCC(N2C(=O)C3(CC3)NC2C)CC1. The molecule has 3 rings (SSSR count). The Morgan fingerprint density at radius 3 is 2.59 bits per heavy atom. The van der Waals surface area contributed by atoms with Gasteiger partial charge in [0, 0.05) is 6.04 Å². The molecule has 1 heterocycles. The molecule has 1 spiro atoms. The molecule has 3 fully saturated rings. The second-order valence-corrected chi connectivity index (χ2v) is 6.38. The van der Waals surface area contributed by atoms with Gasteiger partial charge in [-0.2, -0.15) is 0 Å². The van der Waals surface area contributed by atoms with E-state index in [0.29, 0.717) is 11.9 Å². The zero-order chi connectivity index (χ0) is 12.0. The minimum Gasteiger partial charge on any atom is -0.323 e. The lowest BCUT2D eigenvalue weighted by atomic mass is 10.0. The van der Waals surface area contributed by atoms with Gasteiger partial charge in [-0.25, -0.2) is 0 Å². The maximum atomic E-state index is 12.5. The lowest BCUT2D eigenvalue weighted by molar-refractivity contribution is -0.133. The predicted molar refractivity (Wildman–Crippen MR) is 67.4 cm³/mol. The third-order valence-corrected chi connectivity index (χ3v) is 4.92. The average molecular weight is 236 g/mol. The quantitative estimate of drug-likeness (QED) is 0.708. The molecule has 0 aromatic heterocycles. The van der Waals surface area contributed by atoms with Crippen LogP contribution >= 0.6 is 0 Å². The molecular weight excluding hydrogens is 212 g/mol. The number of carbonyl (C=O) groups excluding carboxylic acids is 1. The Morgan fingerprint density at radius 1 is 1.18 bits per heavy atom. The van der Waals surface area contributed by atoms with Crippen LogP contribution in [-0.2, 0) is 4.79 Å². The van der Waals surface area contributed by atoms with Gasteiger partial charge in [-0.05, 0) is 44.9 Å². The van der Waals surface area contributed by atoms with Gasteiger partial charge in [0.1, 0.15) is 0 Å². The zero-order valence-corrected chi connectivity index (χ0v) is 11.0. The summed E-state index contributed by atoms with van der Waals surface area (Å²) in [6.45, 7) is 4.50. The highest BCUT2D eigenvalue weighted by Crippen LogP contribution is 2.43. The number of rotatable bonds is 1. The van der Waals surface area contributed by atoms with E-state index in [-0.39, 0.29) is 11.7 Å². The molecule has 3 unspecified atom stereocenters. The summed E-state index contributed by atoms with van der Waals surface area (Å²) in [5.41, 5.74) is -0.128. The van der Waals surface area contributed by atoms with Crippen LogP contribution in [-0.4, -0.2) is 28.6 Å². The van der Waals surface area contributed by atoms with Gasteiger partial charge in [0.2, 0.25) is 5.91 Å². The Hall–Kier alpha value is -0.570. The lowest BCUT2D eigenvalue weighted by Gasteiger charge is -2.30. The van der Waals surface area contributed by atoms with E-state index >= 15 is 0 Å². The fraction of sp³-hybridized carbons (Fsp3) is 0.929. The Labute approximate surface area is 104 Å². The highest BCUT2D eigenvalue weighted by Gasteiger charge is 2.59. The second-order valence-electron chi connectivity index (χ2n) is 6.38. The molecule has 1 N–H and O–H groups in total. The molecule has 1 aliphatic heterocycles. The van der Waals surface area contributed by atoms with Crippen LogP contribution in [0, 0.1) is 5.92 Å². The normalized spacial score (nSPS) is 40.7. The van der Waals surface area contributed by atoms with Crippen LogP contribution < -0.4 is 5.32 Å². The molecule has 96 valence electrons. The molecule has 0 radical (unpaired) electrons. The van der Waals surface area contributed by atoms with Gasteiger partial charge in [-0.1, -0.05) is 19.8 Å². The third kappa shape index (κ3) is 1.88. The fourth-order valence-corrected chi connectivity index (χ4v) is 3.67. The Bertz CT molecular complexity index is 324. The standard InChI is InChI=1S/C14H24N2O/c1-10-4-3-5-12(7-6-10)16-11(2)15-14(8-9-14)13(16)17/h10-12,15H,3-9H2,1-2H3. The molecule has 3 atom stereocenters. The number of nitrogens with zero attached hydrogens (tertiary/aromatic N) is 1. The largest absolute Gasteiger partial charge is 0.323 e. The van der Waals surface area contributed by atoms with E-state index < -0.39 is 0 Å². The predicted octanol–water partition coefficient (Wildman–Crippen LogP) is 2.27. The molecular formula is C14H24N2O. The van der Waals surface area contributed by atoms with Gasteiger partial charge >= 0.3 is 0 Å². The van der Waals surface area contributed by atoms with Crippen LogP contribution in [0.1, 0.15) is 58.8 Å². The second kappa shape index (κ2) is 3.98. The van der Waals surface area contributed by atoms with Crippen molar-refractivity contribution in [3.05, 3.63) is 0 Å². The van der Waals surface area contributed by atoms with Gasteiger partial charge in [0.05, 0.1) is 11.7 Å². The first-order valence-corrected chi connectivity index (χ1v) is 7.23. The first kappa shape index (κ1) is 11.5.